The van der Waals surface area contributed by atoms with Gasteiger partial charge in [0.2, 0.25) is 0 Å². The summed E-state index contributed by atoms with van der Waals surface area (Å²) in [7, 11) is 4.01. The first-order chi connectivity index (χ1) is 7.15. The van der Waals surface area contributed by atoms with Crippen LogP contribution in [0.25, 0.3) is 5.03 Å². The lowest BCUT2D eigenvalue weighted by Crippen LogP contribution is -2.01. The molecule has 2 heteroatoms. The fraction of sp³-hybridized carbons (Fsp3) is 0.308. The van der Waals surface area contributed by atoms with Crippen LogP contribution in [0.4, 0.5) is 0 Å². The van der Waals surface area contributed by atoms with E-state index in [4.69, 9.17) is 11.6 Å². The maximum Gasteiger partial charge on any atom is 0.167 e. The fourth-order valence-corrected chi connectivity index (χ4v) is 1.69. The molecule has 1 aromatic carbocycles. The van der Waals surface area contributed by atoms with E-state index in [-0.39, 0.29) is 0 Å². The van der Waals surface area contributed by atoms with E-state index in [1.165, 1.54) is 0 Å². The van der Waals surface area contributed by atoms with Crippen LogP contribution in [0.1, 0.15) is 18.9 Å². The van der Waals surface area contributed by atoms with E-state index >= 15 is 0 Å². The van der Waals surface area contributed by atoms with Crippen molar-refractivity contribution in [3.63, 3.8) is 0 Å². The van der Waals surface area contributed by atoms with Gasteiger partial charge in [-0.25, -0.2) is 4.58 Å². The Labute approximate surface area is 96.7 Å². The fourth-order valence-electron chi connectivity index (χ4n) is 1.38. The Morgan fingerprint density at radius 2 is 1.87 bits per heavy atom. The zero-order chi connectivity index (χ0) is 11.3. The Hall–Kier alpha value is -1.08. The molecule has 0 atom stereocenters. The highest BCUT2D eigenvalue weighted by Gasteiger charge is 2.05. The zero-order valence-electron chi connectivity index (χ0n) is 9.50. The monoisotopic (exact) mass is 222 g/mol. The number of allylic oxidation sites excluding steroid dienone is 1. The Kier molecular flexibility index (Phi) is 4.57. The quantitative estimate of drug-likeness (QED) is 0.545. The van der Waals surface area contributed by atoms with Crippen molar-refractivity contribution in [2.24, 2.45) is 0 Å². The first kappa shape index (κ1) is 12.0. The van der Waals surface area contributed by atoms with Gasteiger partial charge in [0.25, 0.3) is 0 Å². The van der Waals surface area contributed by atoms with E-state index < -0.39 is 0 Å². The number of nitrogens with zero attached hydrogens (tertiary/aromatic N) is 1. The third-order valence-electron chi connectivity index (χ3n) is 2.10. The second kappa shape index (κ2) is 5.72. The Balaban J connectivity index is 3.12. The first-order valence-corrected chi connectivity index (χ1v) is 5.48. The van der Waals surface area contributed by atoms with E-state index in [0.717, 1.165) is 22.6 Å². The van der Waals surface area contributed by atoms with E-state index in [0.29, 0.717) is 0 Å². The van der Waals surface area contributed by atoms with Crippen molar-refractivity contribution in [3.05, 3.63) is 41.5 Å². The van der Waals surface area contributed by atoms with Crippen molar-refractivity contribution in [1.82, 2.24) is 0 Å². The summed E-state index contributed by atoms with van der Waals surface area (Å²) in [4.78, 5) is 0. The topological polar surface area (TPSA) is 3.01 Å². The lowest BCUT2D eigenvalue weighted by atomic mass is 10.1. The molecule has 80 valence electrons. The largest absolute Gasteiger partial charge is 0.241 e. The van der Waals surface area contributed by atoms with Crippen LogP contribution in [0.3, 0.4) is 0 Å². The van der Waals surface area contributed by atoms with Gasteiger partial charge in [0.1, 0.15) is 14.1 Å². The maximum absolute atomic E-state index is 6.34. The Morgan fingerprint density at radius 1 is 1.27 bits per heavy atom. The third-order valence-corrected chi connectivity index (χ3v) is 2.57. The van der Waals surface area contributed by atoms with Crippen molar-refractivity contribution >= 4 is 22.8 Å². The van der Waals surface area contributed by atoms with Crippen LogP contribution in [0.5, 0.6) is 0 Å². The number of hydrogen-bond donors (Lipinski definition) is 0. The Morgan fingerprint density at radius 3 is 2.33 bits per heavy atom. The standard InChI is InChI=1S/C13H17ClN/c1-4-11(10-15(2)3)13(14)12-8-6-5-7-9-12/h5-10H,4H2,1-3H3/q+1/b13-11-. The average molecular weight is 223 g/mol. The number of benzene rings is 1. The summed E-state index contributed by atoms with van der Waals surface area (Å²) in [6.45, 7) is 2.11. The highest BCUT2D eigenvalue weighted by molar-refractivity contribution is 6.50. The molecule has 0 aromatic heterocycles. The number of rotatable bonds is 3. The molecule has 0 N–H and O–H groups in total. The number of halogens is 1. The molecule has 1 aromatic rings. The van der Waals surface area contributed by atoms with Gasteiger partial charge in [-0.15, -0.1) is 0 Å². The normalized spacial score (nSPS) is 12.0. The highest BCUT2D eigenvalue weighted by atomic mass is 35.5. The van der Waals surface area contributed by atoms with Crippen LogP contribution in [0.2, 0.25) is 0 Å². The van der Waals surface area contributed by atoms with Crippen molar-refractivity contribution in [2.45, 2.75) is 13.3 Å². The predicted molar refractivity (Wildman–Crippen MR) is 67.7 cm³/mol. The average Bonchev–Trinajstić information content (AvgIpc) is 2.26. The number of hydrogen-bond acceptors (Lipinski definition) is 0. The molecule has 1 rings (SSSR count). The molecule has 0 unspecified atom stereocenters. The highest BCUT2D eigenvalue weighted by Crippen LogP contribution is 2.23. The molecule has 0 saturated heterocycles. The first-order valence-electron chi connectivity index (χ1n) is 5.10. The molecular formula is C13H17ClN+. The SMILES string of the molecule is CC/C(C=[N+](C)C)=C(/Cl)c1ccccc1. The molecule has 0 radical (unpaired) electrons. The van der Waals surface area contributed by atoms with Crippen LogP contribution in [0.15, 0.2) is 35.9 Å². The van der Waals surface area contributed by atoms with Crippen LogP contribution in [0, 0.1) is 0 Å². The van der Waals surface area contributed by atoms with Gasteiger partial charge >= 0.3 is 0 Å². The third kappa shape index (κ3) is 3.52. The van der Waals surface area contributed by atoms with Gasteiger partial charge in [-0.2, -0.15) is 0 Å². The van der Waals surface area contributed by atoms with E-state index in [1.54, 1.807) is 0 Å². The molecule has 0 bridgehead atoms. The molecule has 0 fully saturated rings. The van der Waals surface area contributed by atoms with Crippen LogP contribution < -0.4 is 0 Å². The van der Waals surface area contributed by atoms with E-state index in [1.807, 2.05) is 49.0 Å². The van der Waals surface area contributed by atoms with Crippen LogP contribution >= 0.6 is 11.6 Å². The molecular weight excluding hydrogens is 206 g/mol. The lowest BCUT2D eigenvalue weighted by molar-refractivity contribution is -0.459. The summed E-state index contributed by atoms with van der Waals surface area (Å²) in [5.41, 5.74) is 2.24. The van der Waals surface area contributed by atoms with Gasteiger partial charge in [0.15, 0.2) is 6.21 Å². The predicted octanol–water partition coefficient (Wildman–Crippen LogP) is 3.39. The van der Waals surface area contributed by atoms with Crippen LogP contribution in [-0.4, -0.2) is 24.9 Å². The molecule has 0 aliphatic carbocycles. The van der Waals surface area contributed by atoms with Gasteiger partial charge in [-0.3, -0.25) is 0 Å². The molecule has 0 heterocycles. The van der Waals surface area contributed by atoms with Gasteiger partial charge < -0.3 is 0 Å². The minimum absolute atomic E-state index is 0.840. The minimum atomic E-state index is 0.840. The second-order valence-electron chi connectivity index (χ2n) is 3.65. The second-order valence-corrected chi connectivity index (χ2v) is 4.03. The molecule has 0 saturated carbocycles. The van der Waals surface area contributed by atoms with Gasteiger partial charge in [-0.1, -0.05) is 48.9 Å². The van der Waals surface area contributed by atoms with E-state index in [2.05, 4.69) is 13.1 Å². The molecule has 1 nitrogen and oxygen atoms in total. The molecule has 0 aliphatic heterocycles. The van der Waals surface area contributed by atoms with E-state index in [9.17, 15) is 0 Å². The summed E-state index contributed by atoms with van der Waals surface area (Å²) in [6, 6.07) is 10.1. The van der Waals surface area contributed by atoms with Crippen molar-refractivity contribution in [1.29, 1.82) is 0 Å². The minimum Gasteiger partial charge on any atom is -0.241 e. The molecule has 0 spiro atoms. The summed E-state index contributed by atoms with van der Waals surface area (Å²) in [6.07, 6.45) is 3.00. The van der Waals surface area contributed by atoms with Gasteiger partial charge in [0, 0.05) is 5.57 Å². The molecule has 0 aliphatic rings. The summed E-state index contributed by atoms with van der Waals surface area (Å²) < 4.78 is 2.02. The summed E-state index contributed by atoms with van der Waals surface area (Å²) in [5, 5.41) is 0.840. The zero-order valence-corrected chi connectivity index (χ0v) is 10.3. The molecule has 15 heavy (non-hydrogen) atoms. The smallest absolute Gasteiger partial charge is 0.167 e. The molecule has 0 amide bonds. The Bertz CT molecular complexity index is 373. The summed E-state index contributed by atoms with van der Waals surface area (Å²) in [5.74, 6) is 0. The van der Waals surface area contributed by atoms with Crippen LogP contribution in [-0.2, 0) is 0 Å². The van der Waals surface area contributed by atoms with Gasteiger partial charge in [0.05, 0.1) is 5.03 Å². The van der Waals surface area contributed by atoms with Crippen molar-refractivity contribution in [3.8, 4) is 0 Å². The van der Waals surface area contributed by atoms with Gasteiger partial charge in [-0.05, 0) is 12.0 Å². The lowest BCUT2D eigenvalue weighted by Gasteiger charge is -2.02. The maximum atomic E-state index is 6.34. The van der Waals surface area contributed by atoms with Crippen molar-refractivity contribution in [2.75, 3.05) is 14.1 Å². The van der Waals surface area contributed by atoms with Crippen molar-refractivity contribution < 1.29 is 4.58 Å². The summed E-state index contributed by atoms with van der Waals surface area (Å²) >= 11 is 6.34.